The molecule has 1 aliphatic heterocycles. The zero-order valence-electron chi connectivity index (χ0n) is 13.6. The molecule has 8 nitrogen and oxygen atoms in total. The second-order valence-electron chi connectivity index (χ2n) is 5.34. The Morgan fingerprint density at radius 3 is 2.64 bits per heavy atom. The fourth-order valence-corrected chi connectivity index (χ4v) is 2.72. The third kappa shape index (κ3) is 3.72. The third-order valence-corrected chi connectivity index (χ3v) is 4.07. The Kier molecular flexibility index (Phi) is 5.15. The van der Waals surface area contributed by atoms with Crippen molar-refractivity contribution in [2.75, 3.05) is 33.4 Å². The summed E-state index contributed by atoms with van der Waals surface area (Å²) in [4.78, 5) is 14.7. The lowest BCUT2D eigenvalue weighted by Gasteiger charge is -2.23. The molecule has 0 radical (unpaired) electrons. The van der Waals surface area contributed by atoms with Crippen molar-refractivity contribution in [2.45, 2.75) is 0 Å². The maximum atomic E-state index is 12.2. The van der Waals surface area contributed by atoms with Crippen molar-refractivity contribution in [1.82, 2.24) is 14.6 Å². The van der Waals surface area contributed by atoms with Crippen LogP contribution in [0.5, 0.6) is 11.6 Å². The van der Waals surface area contributed by atoms with Gasteiger partial charge in [0, 0.05) is 0 Å². The van der Waals surface area contributed by atoms with E-state index in [2.05, 4.69) is 10.1 Å². The molecule has 0 unspecified atom stereocenters. The number of hydrazone groups is 1. The molecule has 1 aliphatic rings. The van der Waals surface area contributed by atoms with Crippen LogP contribution in [-0.2, 0) is 4.74 Å². The average molecular weight is 362 g/mol. The van der Waals surface area contributed by atoms with Crippen LogP contribution in [0.25, 0.3) is 5.69 Å². The number of benzene rings is 1. The molecule has 0 spiro atoms. The van der Waals surface area contributed by atoms with E-state index in [4.69, 9.17) is 21.7 Å². The first-order chi connectivity index (χ1) is 12.1. The number of rotatable bonds is 4. The van der Waals surface area contributed by atoms with Crippen molar-refractivity contribution >= 4 is 18.4 Å². The first kappa shape index (κ1) is 17.2. The van der Waals surface area contributed by atoms with Crippen molar-refractivity contribution in [1.29, 1.82) is 0 Å². The minimum Gasteiger partial charge on any atom is -0.497 e. The Bertz CT molecular complexity index is 882. The normalized spacial score (nSPS) is 14.8. The maximum absolute atomic E-state index is 12.2. The lowest BCUT2D eigenvalue weighted by atomic mass is 10.2. The Morgan fingerprint density at radius 1 is 1.32 bits per heavy atom. The summed E-state index contributed by atoms with van der Waals surface area (Å²) >= 11 is 5.18. The minimum absolute atomic E-state index is 0.0379. The molecule has 132 valence electrons. The van der Waals surface area contributed by atoms with Gasteiger partial charge in [-0.15, -0.1) is 0 Å². The Morgan fingerprint density at radius 2 is 2.00 bits per heavy atom. The van der Waals surface area contributed by atoms with Crippen LogP contribution in [0.1, 0.15) is 5.56 Å². The lowest BCUT2D eigenvalue weighted by Crippen LogP contribution is -2.32. The number of morpholine rings is 1. The summed E-state index contributed by atoms with van der Waals surface area (Å²) in [6, 6.07) is 6.94. The fraction of sp³-hybridized carbons (Fsp3) is 0.312. The van der Waals surface area contributed by atoms with Crippen LogP contribution >= 0.6 is 12.2 Å². The Hall–Kier alpha value is -2.65. The second kappa shape index (κ2) is 7.49. The molecule has 2 heterocycles. The molecule has 1 fully saturated rings. The van der Waals surface area contributed by atoms with E-state index in [1.165, 1.54) is 10.8 Å². The van der Waals surface area contributed by atoms with Gasteiger partial charge in [0.25, 0.3) is 5.56 Å². The van der Waals surface area contributed by atoms with Gasteiger partial charge in [0.2, 0.25) is 5.88 Å². The third-order valence-electron chi connectivity index (χ3n) is 3.79. The van der Waals surface area contributed by atoms with Crippen molar-refractivity contribution in [3.8, 4) is 17.3 Å². The second-order valence-corrected chi connectivity index (χ2v) is 5.73. The average Bonchev–Trinajstić information content (AvgIpc) is 2.62. The highest BCUT2D eigenvalue weighted by atomic mass is 32.1. The van der Waals surface area contributed by atoms with E-state index in [1.807, 2.05) is 0 Å². The van der Waals surface area contributed by atoms with Gasteiger partial charge in [-0.1, -0.05) is 0 Å². The number of hydrogen-bond donors (Lipinski definition) is 2. The minimum atomic E-state index is -0.496. The number of methoxy groups -OCH3 is 1. The fourth-order valence-electron chi connectivity index (χ4n) is 2.43. The summed E-state index contributed by atoms with van der Waals surface area (Å²) in [5.74, 6) is 0.407. The van der Waals surface area contributed by atoms with E-state index in [0.29, 0.717) is 37.7 Å². The van der Waals surface area contributed by atoms with Crippen LogP contribution in [0.3, 0.4) is 0 Å². The quantitative estimate of drug-likeness (QED) is 0.629. The number of H-pyrrole nitrogens is 1. The highest BCUT2D eigenvalue weighted by Crippen LogP contribution is 2.21. The molecule has 2 aromatic rings. The topological polar surface area (TPSA) is 92.1 Å². The zero-order valence-corrected chi connectivity index (χ0v) is 14.5. The van der Waals surface area contributed by atoms with E-state index in [-0.39, 0.29) is 16.2 Å². The molecule has 0 amide bonds. The van der Waals surface area contributed by atoms with Gasteiger partial charge in [-0.2, -0.15) is 5.10 Å². The van der Waals surface area contributed by atoms with E-state index in [1.54, 1.807) is 36.4 Å². The van der Waals surface area contributed by atoms with Crippen LogP contribution in [0, 0.1) is 4.77 Å². The van der Waals surface area contributed by atoms with Gasteiger partial charge < -0.3 is 14.6 Å². The molecular formula is C16H18N4O4S. The molecule has 1 aromatic heterocycles. The van der Waals surface area contributed by atoms with E-state index in [9.17, 15) is 9.90 Å². The molecule has 1 aromatic carbocycles. The summed E-state index contributed by atoms with van der Waals surface area (Å²) < 4.78 is 11.8. The van der Waals surface area contributed by atoms with Gasteiger partial charge in [-0.3, -0.25) is 19.4 Å². The molecule has 0 bridgehead atoms. The predicted molar refractivity (Wildman–Crippen MR) is 95.4 cm³/mol. The van der Waals surface area contributed by atoms with Crippen molar-refractivity contribution in [3.05, 3.63) is 45.0 Å². The van der Waals surface area contributed by atoms with Crippen LogP contribution < -0.4 is 10.3 Å². The van der Waals surface area contributed by atoms with E-state index < -0.39 is 5.56 Å². The highest BCUT2D eigenvalue weighted by Gasteiger charge is 2.14. The van der Waals surface area contributed by atoms with Gasteiger partial charge >= 0.3 is 0 Å². The van der Waals surface area contributed by atoms with Crippen LogP contribution in [0.4, 0.5) is 0 Å². The van der Waals surface area contributed by atoms with E-state index >= 15 is 0 Å². The predicted octanol–water partition coefficient (Wildman–Crippen LogP) is 1.28. The first-order valence-corrected chi connectivity index (χ1v) is 8.10. The van der Waals surface area contributed by atoms with Crippen molar-refractivity contribution < 1.29 is 14.6 Å². The first-order valence-electron chi connectivity index (χ1n) is 7.69. The molecule has 2 N–H and O–H groups in total. The number of aromatic amines is 1. The van der Waals surface area contributed by atoms with Gasteiger partial charge in [0.15, 0.2) is 4.77 Å². The van der Waals surface area contributed by atoms with Gasteiger partial charge in [-0.25, -0.2) is 0 Å². The molecule has 9 heteroatoms. The van der Waals surface area contributed by atoms with Crippen LogP contribution in [0.15, 0.2) is 34.2 Å². The number of aromatic nitrogens is 2. The molecule has 0 saturated carbocycles. The van der Waals surface area contributed by atoms with Gasteiger partial charge in [-0.05, 0) is 36.5 Å². The molecular weight excluding hydrogens is 344 g/mol. The smallest absolute Gasteiger partial charge is 0.264 e. The largest absolute Gasteiger partial charge is 0.497 e. The van der Waals surface area contributed by atoms with Gasteiger partial charge in [0.1, 0.15) is 11.3 Å². The monoisotopic (exact) mass is 362 g/mol. The SMILES string of the molecule is COc1ccc(-n2c(O)c(/C=N/N3CCOCC3)c(=O)[nH]c2=S)cc1. The van der Waals surface area contributed by atoms with E-state index in [0.717, 1.165) is 0 Å². The number of nitrogens with zero attached hydrogens (tertiary/aromatic N) is 3. The summed E-state index contributed by atoms with van der Waals surface area (Å²) in [6.45, 7) is 2.42. The summed E-state index contributed by atoms with van der Waals surface area (Å²) in [6.07, 6.45) is 1.34. The molecule has 0 atom stereocenters. The summed E-state index contributed by atoms with van der Waals surface area (Å²) in [5.41, 5.74) is 0.140. The van der Waals surface area contributed by atoms with Crippen LogP contribution in [-0.4, -0.2) is 59.3 Å². The van der Waals surface area contributed by atoms with Crippen LogP contribution in [0.2, 0.25) is 0 Å². The van der Waals surface area contributed by atoms with Crippen molar-refractivity contribution in [3.63, 3.8) is 0 Å². The maximum Gasteiger partial charge on any atom is 0.264 e. The molecule has 3 rings (SSSR count). The molecule has 25 heavy (non-hydrogen) atoms. The number of nitrogens with one attached hydrogen (secondary N) is 1. The summed E-state index contributed by atoms with van der Waals surface area (Å²) in [7, 11) is 1.57. The Balaban J connectivity index is 2.00. The summed E-state index contributed by atoms with van der Waals surface area (Å²) in [5, 5.41) is 16.6. The number of ether oxygens (including phenoxy) is 2. The number of hydrogen-bond acceptors (Lipinski definition) is 7. The molecule has 1 saturated heterocycles. The standard InChI is InChI=1S/C16H18N4O4S/c1-23-12-4-2-11(3-5-12)20-15(22)13(14(21)18-16(20)25)10-17-19-6-8-24-9-7-19/h2-5,10,22H,6-9H2,1H3,(H,18,21,25)/b17-10+. The molecule has 0 aliphatic carbocycles. The number of aromatic hydroxyl groups is 1. The highest BCUT2D eigenvalue weighted by molar-refractivity contribution is 7.71. The van der Waals surface area contributed by atoms with Crippen molar-refractivity contribution in [2.24, 2.45) is 5.10 Å². The van der Waals surface area contributed by atoms with Gasteiger partial charge in [0.05, 0.1) is 45.3 Å². The zero-order chi connectivity index (χ0) is 17.8. The Labute approximate surface area is 148 Å². The lowest BCUT2D eigenvalue weighted by molar-refractivity contribution is 0.0396.